The molecule has 0 spiro atoms. The molecule has 0 saturated carbocycles. The van der Waals surface area contributed by atoms with Crippen LogP contribution in [-0.2, 0) is 4.74 Å². The number of hydrogen-bond donors (Lipinski definition) is 1. The highest BCUT2D eigenvalue weighted by Crippen LogP contribution is 2.38. The normalized spacial score (nSPS) is 10.6. The van der Waals surface area contributed by atoms with Gasteiger partial charge in [0.15, 0.2) is 0 Å². The van der Waals surface area contributed by atoms with Gasteiger partial charge >= 0.3 is 5.97 Å². The first-order chi connectivity index (χ1) is 13.4. The van der Waals surface area contributed by atoms with Gasteiger partial charge < -0.3 is 10.1 Å². The quantitative estimate of drug-likeness (QED) is 0.570. The molecule has 0 radical (unpaired) electrons. The predicted octanol–water partition coefficient (Wildman–Crippen LogP) is 5.60. The van der Waals surface area contributed by atoms with Crippen molar-refractivity contribution in [2.45, 2.75) is 20.8 Å². The zero-order valence-electron chi connectivity index (χ0n) is 15.8. The van der Waals surface area contributed by atoms with Gasteiger partial charge in [-0.05, 0) is 44.0 Å². The maximum Gasteiger partial charge on any atom is 0.341 e. The van der Waals surface area contributed by atoms with Gasteiger partial charge in [-0.1, -0.05) is 35.9 Å². The van der Waals surface area contributed by atoms with Crippen molar-refractivity contribution < 1.29 is 18.7 Å². The van der Waals surface area contributed by atoms with E-state index in [1.807, 2.05) is 32.0 Å². The Morgan fingerprint density at radius 3 is 2.54 bits per heavy atom. The lowest BCUT2D eigenvalue weighted by molar-refractivity contribution is 0.0529. The number of carbonyl (C=O) groups is 2. The summed E-state index contributed by atoms with van der Waals surface area (Å²) in [6, 6.07) is 11.6. The van der Waals surface area contributed by atoms with Gasteiger partial charge in [0, 0.05) is 10.9 Å². The fourth-order valence-corrected chi connectivity index (χ4v) is 3.93. The van der Waals surface area contributed by atoms with Crippen LogP contribution >= 0.6 is 11.3 Å². The van der Waals surface area contributed by atoms with Crippen LogP contribution in [-0.4, -0.2) is 18.5 Å². The van der Waals surface area contributed by atoms with E-state index in [1.54, 1.807) is 18.4 Å². The average Bonchev–Trinajstić information content (AvgIpc) is 3.05. The summed E-state index contributed by atoms with van der Waals surface area (Å²) in [6.07, 6.45) is 0. The number of amides is 1. The van der Waals surface area contributed by atoms with Crippen LogP contribution in [0.1, 0.15) is 38.8 Å². The molecule has 0 aliphatic heterocycles. The van der Waals surface area contributed by atoms with Crippen molar-refractivity contribution in [3.63, 3.8) is 0 Å². The number of thiophene rings is 1. The molecular weight excluding hydrogens is 377 g/mol. The number of aryl methyl sites for hydroxylation is 2. The molecule has 0 aliphatic rings. The third-order valence-electron chi connectivity index (χ3n) is 4.29. The fraction of sp³-hybridized carbons (Fsp3) is 0.182. The van der Waals surface area contributed by atoms with E-state index in [1.165, 1.54) is 29.5 Å². The molecule has 0 bridgehead atoms. The second-order valence-electron chi connectivity index (χ2n) is 6.33. The van der Waals surface area contributed by atoms with E-state index in [4.69, 9.17) is 4.74 Å². The van der Waals surface area contributed by atoms with Crippen LogP contribution < -0.4 is 5.32 Å². The number of nitrogens with one attached hydrogen (secondary N) is 1. The van der Waals surface area contributed by atoms with Gasteiger partial charge in [-0.25, -0.2) is 9.18 Å². The molecule has 1 N–H and O–H groups in total. The number of anilines is 1. The monoisotopic (exact) mass is 397 g/mol. The lowest BCUT2D eigenvalue weighted by Crippen LogP contribution is -2.16. The Morgan fingerprint density at radius 2 is 1.86 bits per heavy atom. The van der Waals surface area contributed by atoms with Gasteiger partial charge in [0.25, 0.3) is 5.91 Å². The highest BCUT2D eigenvalue weighted by atomic mass is 32.1. The van der Waals surface area contributed by atoms with Crippen LogP contribution in [0.4, 0.5) is 9.39 Å². The summed E-state index contributed by atoms with van der Waals surface area (Å²) in [5, 5.41) is 4.81. The third-order valence-corrected chi connectivity index (χ3v) is 5.18. The summed E-state index contributed by atoms with van der Waals surface area (Å²) in [7, 11) is 0. The molecule has 144 valence electrons. The highest BCUT2D eigenvalue weighted by Gasteiger charge is 2.24. The highest BCUT2D eigenvalue weighted by molar-refractivity contribution is 7.15. The molecular formula is C22H20FNO3S. The second-order valence-corrected chi connectivity index (χ2v) is 7.21. The molecule has 1 aromatic heterocycles. The van der Waals surface area contributed by atoms with Crippen molar-refractivity contribution in [1.82, 2.24) is 0 Å². The Morgan fingerprint density at radius 1 is 1.11 bits per heavy atom. The van der Waals surface area contributed by atoms with Crippen molar-refractivity contribution in [2.75, 3.05) is 11.9 Å². The SMILES string of the molecule is CCOC(=O)c1c(-c2ccc(C)cc2C)csc1NC(=O)c1ccccc1F. The van der Waals surface area contributed by atoms with Crippen LogP contribution in [0.15, 0.2) is 47.8 Å². The average molecular weight is 397 g/mol. The zero-order valence-corrected chi connectivity index (χ0v) is 16.7. The minimum absolute atomic E-state index is 0.0845. The zero-order chi connectivity index (χ0) is 20.3. The molecule has 2 aromatic carbocycles. The first kappa shape index (κ1) is 19.8. The molecule has 28 heavy (non-hydrogen) atoms. The Labute approximate surface area is 167 Å². The Balaban J connectivity index is 2.04. The van der Waals surface area contributed by atoms with Gasteiger partial charge in [-0.2, -0.15) is 0 Å². The summed E-state index contributed by atoms with van der Waals surface area (Å²) in [6.45, 7) is 5.89. The van der Waals surface area contributed by atoms with E-state index in [-0.39, 0.29) is 17.7 Å². The Kier molecular flexibility index (Phi) is 5.90. The number of ether oxygens (including phenoxy) is 1. The molecule has 0 aliphatic carbocycles. The molecule has 4 nitrogen and oxygen atoms in total. The van der Waals surface area contributed by atoms with E-state index in [0.717, 1.165) is 16.7 Å². The minimum atomic E-state index is -0.621. The molecule has 0 unspecified atom stereocenters. The summed E-state index contributed by atoms with van der Waals surface area (Å²) in [4.78, 5) is 25.2. The maximum atomic E-state index is 13.9. The fourth-order valence-electron chi connectivity index (χ4n) is 2.99. The van der Waals surface area contributed by atoms with E-state index in [2.05, 4.69) is 5.32 Å². The standard InChI is InChI=1S/C22H20FNO3S/c1-4-27-22(26)19-17(15-10-9-13(2)11-14(15)3)12-28-21(19)24-20(25)16-7-5-6-8-18(16)23/h5-12H,4H2,1-3H3,(H,24,25). The number of halogens is 1. The summed E-state index contributed by atoms with van der Waals surface area (Å²) >= 11 is 1.21. The first-order valence-electron chi connectivity index (χ1n) is 8.84. The van der Waals surface area contributed by atoms with Gasteiger partial charge in [0.2, 0.25) is 0 Å². The molecule has 3 aromatic rings. The van der Waals surface area contributed by atoms with Crippen molar-refractivity contribution in [2.24, 2.45) is 0 Å². The Hall–Kier alpha value is -2.99. The molecule has 6 heteroatoms. The molecule has 1 heterocycles. The lowest BCUT2D eigenvalue weighted by Gasteiger charge is -2.11. The van der Waals surface area contributed by atoms with Crippen molar-refractivity contribution in [3.8, 4) is 11.1 Å². The largest absolute Gasteiger partial charge is 0.462 e. The number of hydrogen-bond acceptors (Lipinski definition) is 4. The number of carbonyl (C=O) groups excluding carboxylic acids is 2. The van der Waals surface area contributed by atoms with Gasteiger partial charge in [0.1, 0.15) is 16.4 Å². The van der Waals surface area contributed by atoms with Crippen LogP contribution in [0, 0.1) is 19.7 Å². The molecule has 0 fully saturated rings. The maximum absolute atomic E-state index is 13.9. The summed E-state index contributed by atoms with van der Waals surface area (Å²) < 4.78 is 19.1. The minimum Gasteiger partial charge on any atom is -0.462 e. The van der Waals surface area contributed by atoms with E-state index in [9.17, 15) is 14.0 Å². The third kappa shape index (κ3) is 3.97. The van der Waals surface area contributed by atoms with Crippen LogP contribution in [0.2, 0.25) is 0 Å². The summed E-state index contributed by atoms with van der Waals surface area (Å²) in [5.41, 5.74) is 3.89. The van der Waals surface area contributed by atoms with Crippen molar-refractivity contribution in [1.29, 1.82) is 0 Å². The summed E-state index contributed by atoms with van der Waals surface area (Å²) in [5.74, 6) is -1.76. The van der Waals surface area contributed by atoms with E-state index < -0.39 is 17.7 Å². The van der Waals surface area contributed by atoms with Crippen molar-refractivity contribution in [3.05, 3.63) is 75.9 Å². The second kappa shape index (κ2) is 8.35. The van der Waals surface area contributed by atoms with E-state index in [0.29, 0.717) is 10.6 Å². The van der Waals surface area contributed by atoms with Gasteiger partial charge in [-0.3, -0.25) is 4.79 Å². The smallest absolute Gasteiger partial charge is 0.341 e. The molecule has 0 saturated heterocycles. The lowest BCUT2D eigenvalue weighted by atomic mass is 9.97. The number of rotatable bonds is 5. The van der Waals surface area contributed by atoms with Crippen LogP contribution in [0.3, 0.4) is 0 Å². The number of esters is 1. The van der Waals surface area contributed by atoms with Crippen LogP contribution in [0.5, 0.6) is 0 Å². The number of benzene rings is 2. The molecule has 3 rings (SSSR count). The predicted molar refractivity (Wildman–Crippen MR) is 110 cm³/mol. The topological polar surface area (TPSA) is 55.4 Å². The van der Waals surface area contributed by atoms with E-state index >= 15 is 0 Å². The van der Waals surface area contributed by atoms with Crippen molar-refractivity contribution >= 4 is 28.2 Å². The van der Waals surface area contributed by atoms with Gasteiger partial charge in [0.05, 0.1) is 12.2 Å². The molecule has 1 amide bonds. The first-order valence-corrected chi connectivity index (χ1v) is 9.72. The van der Waals surface area contributed by atoms with Crippen LogP contribution in [0.25, 0.3) is 11.1 Å². The van der Waals surface area contributed by atoms with Gasteiger partial charge in [-0.15, -0.1) is 11.3 Å². The Bertz CT molecular complexity index is 1040. The molecule has 0 atom stereocenters.